The van der Waals surface area contributed by atoms with E-state index < -0.39 is 0 Å². The van der Waals surface area contributed by atoms with Gasteiger partial charge in [-0.15, -0.1) is 0 Å². The van der Waals surface area contributed by atoms with Gasteiger partial charge in [0.2, 0.25) is 0 Å². The van der Waals surface area contributed by atoms with E-state index in [9.17, 15) is 4.79 Å². The maximum absolute atomic E-state index is 12.1. The molecule has 0 bridgehead atoms. The maximum Gasteiger partial charge on any atom is 0.192 e. The molecule has 0 amide bonds. The van der Waals surface area contributed by atoms with Crippen LogP contribution < -0.4 is 0 Å². The molecule has 0 fully saturated rings. The van der Waals surface area contributed by atoms with Crippen molar-refractivity contribution in [2.24, 2.45) is 0 Å². The van der Waals surface area contributed by atoms with E-state index in [1.54, 1.807) is 6.26 Å². The number of hydrogen-bond acceptors (Lipinski definition) is 2. The Bertz CT molecular complexity index is 444. The van der Waals surface area contributed by atoms with Crippen LogP contribution in [0.15, 0.2) is 30.0 Å². The number of benzene rings is 1. The monoisotopic (exact) mass is 216 g/mol. The van der Waals surface area contributed by atoms with E-state index >= 15 is 0 Å². The molecule has 1 heterocycles. The molecule has 2 nitrogen and oxygen atoms in total. The number of carbonyl (C=O) groups excluding carboxylic acids is 1. The molecule has 0 aliphatic carbocycles. The molecule has 0 aromatic heterocycles. The van der Waals surface area contributed by atoms with Crippen molar-refractivity contribution in [3.8, 4) is 0 Å². The SMILES string of the molecule is Cc1ccc(C(=O)C2=COCCC2)cc1C. The Morgan fingerprint density at radius 3 is 2.69 bits per heavy atom. The van der Waals surface area contributed by atoms with E-state index in [0.29, 0.717) is 0 Å². The van der Waals surface area contributed by atoms with Crippen LogP contribution in [0.1, 0.15) is 34.3 Å². The number of hydrogen-bond donors (Lipinski definition) is 0. The van der Waals surface area contributed by atoms with Crippen LogP contribution in [0.2, 0.25) is 0 Å². The van der Waals surface area contributed by atoms with Crippen LogP contribution in [0.25, 0.3) is 0 Å². The van der Waals surface area contributed by atoms with E-state index in [-0.39, 0.29) is 5.78 Å². The highest BCUT2D eigenvalue weighted by molar-refractivity contribution is 6.08. The molecule has 0 saturated carbocycles. The fraction of sp³-hybridized carbons (Fsp3) is 0.357. The highest BCUT2D eigenvalue weighted by atomic mass is 16.5. The molecule has 0 N–H and O–H groups in total. The number of allylic oxidation sites excluding steroid dienone is 1. The van der Waals surface area contributed by atoms with E-state index in [2.05, 4.69) is 0 Å². The lowest BCUT2D eigenvalue weighted by atomic mass is 9.97. The smallest absolute Gasteiger partial charge is 0.192 e. The summed E-state index contributed by atoms with van der Waals surface area (Å²) in [6.45, 7) is 4.80. The normalized spacial score (nSPS) is 15.2. The second kappa shape index (κ2) is 4.52. The summed E-state index contributed by atoms with van der Waals surface area (Å²) in [5.41, 5.74) is 3.92. The predicted octanol–water partition coefficient (Wildman–Crippen LogP) is 3.18. The summed E-state index contributed by atoms with van der Waals surface area (Å²) >= 11 is 0. The van der Waals surface area contributed by atoms with Gasteiger partial charge in [0.1, 0.15) is 0 Å². The number of carbonyl (C=O) groups is 1. The van der Waals surface area contributed by atoms with E-state index in [4.69, 9.17) is 4.74 Å². The quantitative estimate of drug-likeness (QED) is 0.710. The van der Waals surface area contributed by atoms with E-state index in [0.717, 1.165) is 36.1 Å². The van der Waals surface area contributed by atoms with Crippen molar-refractivity contribution in [3.63, 3.8) is 0 Å². The van der Waals surface area contributed by atoms with Crippen LogP contribution in [0.3, 0.4) is 0 Å². The fourth-order valence-electron chi connectivity index (χ4n) is 1.80. The summed E-state index contributed by atoms with van der Waals surface area (Å²) in [4.78, 5) is 12.1. The molecule has 2 rings (SSSR count). The van der Waals surface area contributed by atoms with Crippen molar-refractivity contribution in [1.29, 1.82) is 0 Å². The van der Waals surface area contributed by atoms with Crippen molar-refractivity contribution in [2.75, 3.05) is 6.61 Å². The lowest BCUT2D eigenvalue weighted by Gasteiger charge is -2.13. The molecule has 1 aliphatic rings. The molecule has 1 aromatic carbocycles. The zero-order chi connectivity index (χ0) is 11.5. The average molecular weight is 216 g/mol. The van der Waals surface area contributed by atoms with Gasteiger partial charge in [-0.25, -0.2) is 0 Å². The highest BCUT2D eigenvalue weighted by Crippen LogP contribution is 2.19. The summed E-state index contributed by atoms with van der Waals surface area (Å²) in [6, 6.07) is 5.83. The molecule has 1 aliphatic heterocycles. The first-order valence-corrected chi connectivity index (χ1v) is 5.61. The molecule has 0 atom stereocenters. The minimum Gasteiger partial charge on any atom is -0.501 e. The van der Waals surface area contributed by atoms with Gasteiger partial charge >= 0.3 is 0 Å². The molecule has 0 spiro atoms. The van der Waals surface area contributed by atoms with Crippen LogP contribution >= 0.6 is 0 Å². The van der Waals surface area contributed by atoms with Gasteiger partial charge in [-0.1, -0.05) is 12.1 Å². The third-order valence-electron chi connectivity index (χ3n) is 2.99. The van der Waals surface area contributed by atoms with Crippen LogP contribution in [0, 0.1) is 13.8 Å². The van der Waals surface area contributed by atoms with Crippen molar-refractivity contribution in [1.82, 2.24) is 0 Å². The number of aryl methyl sites for hydroxylation is 2. The Morgan fingerprint density at radius 1 is 1.25 bits per heavy atom. The number of ketones is 1. The molecular weight excluding hydrogens is 200 g/mol. The molecule has 0 saturated heterocycles. The third kappa shape index (κ3) is 2.16. The summed E-state index contributed by atoms with van der Waals surface area (Å²) in [5.74, 6) is 0.0998. The van der Waals surface area contributed by atoms with E-state index in [1.165, 1.54) is 5.56 Å². The fourth-order valence-corrected chi connectivity index (χ4v) is 1.80. The molecule has 0 unspecified atom stereocenters. The summed E-state index contributed by atoms with van der Waals surface area (Å²) in [7, 11) is 0. The van der Waals surface area contributed by atoms with Gasteiger partial charge in [0.15, 0.2) is 5.78 Å². The predicted molar refractivity (Wildman–Crippen MR) is 63.5 cm³/mol. The first-order chi connectivity index (χ1) is 7.68. The number of Topliss-reactive ketones (excluding diaryl/α,β-unsaturated/α-hetero) is 1. The van der Waals surface area contributed by atoms with Crippen LogP contribution in [-0.2, 0) is 4.74 Å². The lowest BCUT2D eigenvalue weighted by Crippen LogP contribution is -2.09. The van der Waals surface area contributed by atoms with Crippen molar-refractivity contribution in [2.45, 2.75) is 26.7 Å². The zero-order valence-corrected chi connectivity index (χ0v) is 9.75. The minimum absolute atomic E-state index is 0.0998. The Morgan fingerprint density at radius 2 is 2.06 bits per heavy atom. The van der Waals surface area contributed by atoms with Crippen LogP contribution in [0.5, 0.6) is 0 Å². The minimum atomic E-state index is 0.0998. The Balaban J connectivity index is 2.26. The standard InChI is InChI=1S/C14H16O2/c1-10-5-6-12(8-11(10)2)14(15)13-4-3-7-16-9-13/h5-6,8-9H,3-4,7H2,1-2H3. The van der Waals surface area contributed by atoms with Gasteiger partial charge in [-0.3, -0.25) is 4.79 Å². The van der Waals surface area contributed by atoms with Crippen LogP contribution in [0.4, 0.5) is 0 Å². The highest BCUT2D eigenvalue weighted by Gasteiger charge is 2.15. The largest absolute Gasteiger partial charge is 0.501 e. The zero-order valence-electron chi connectivity index (χ0n) is 9.75. The average Bonchev–Trinajstić information content (AvgIpc) is 2.33. The van der Waals surface area contributed by atoms with Crippen LogP contribution in [-0.4, -0.2) is 12.4 Å². The van der Waals surface area contributed by atoms with E-state index in [1.807, 2.05) is 32.0 Å². The van der Waals surface area contributed by atoms with Gasteiger partial charge in [-0.05, 0) is 43.9 Å². The summed E-state index contributed by atoms with van der Waals surface area (Å²) < 4.78 is 5.20. The molecule has 1 aromatic rings. The summed E-state index contributed by atoms with van der Waals surface area (Å²) in [6.07, 6.45) is 3.37. The molecular formula is C14H16O2. The molecule has 2 heteroatoms. The first-order valence-electron chi connectivity index (χ1n) is 5.61. The van der Waals surface area contributed by atoms with Gasteiger partial charge < -0.3 is 4.74 Å². The van der Waals surface area contributed by atoms with Gasteiger partial charge in [0.25, 0.3) is 0 Å². The van der Waals surface area contributed by atoms with Gasteiger partial charge in [0, 0.05) is 11.1 Å². The second-order valence-electron chi connectivity index (χ2n) is 4.25. The van der Waals surface area contributed by atoms with Crippen molar-refractivity contribution >= 4 is 5.78 Å². The Labute approximate surface area is 95.9 Å². The van der Waals surface area contributed by atoms with Crippen molar-refractivity contribution < 1.29 is 9.53 Å². The van der Waals surface area contributed by atoms with Gasteiger partial charge in [0.05, 0.1) is 12.9 Å². The van der Waals surface area contributed by atoms with Crippen molar-refractivity contribution in [3.05, 3.63) is 46.7 Å². The number of rotatable bonds is 2. The molecule has 16 heavy (non-hydrogen) atoms. The second-order valence-corrected chi connectivity index (χ2v) is 4.25. The number of ether oxygens (including phenoxy) is 1. The molecule has 0 radical (unpaired) electrons. The summed E-state index contributed by atoms with van der Waals surface area (Å²) in [5, 5.41) is 0. The Hall–Kier alpha value is -1.57. The first kappa shape index (κ1) is 10.9. The third-order valence-corrected chi connectivity index (χ3v) is 2.99. The molecule has 84 valence electrons. The Kier molecular flexibility index (Phi) is 3.09. The maximum atomic E-state index is 12.1. The lowest BCUT2D eigenvalue weighted by molar-refractivity contribution is 0.101. The van der Waals surface area contributed by atoms with Gasteiger partial charge in [-0.2, -0.15) is 0 Å². The topological polar surface area (TPSA) is 26.3 Å².